The zero-order valence-corrected chi connectivity index (χ0v) is 19.2. The lowest BCUT2D eigenvalue weighted by Gasteiger charge is -2.25. The fraction of sp³-hybridized carbons (Fsp3) is 0.423. The summed E-state index contributed by atoms with van der Waals surface area (Å²) in [4.78, 5) is 38.4. The lowest BCUT2D eigenvalue weighted by Crippen LogP contribution is -2.46. The molecule has 35 heavy (non-hydrogen) atoms. The Morgan fingerprint density at radius 3 is 2.34 bits per heavy atom. The highest BCUT2D eigenvalue weighted by Crippen LogP contribution is 2.37. The van der Waals surface area contributed by atoms with E-state index in [0.717, 1.165) is 30.5 Å². The molecule has 0 aromatic heterocycles. The summed E-state index contributed by atoms with van der Waals surface area (Å²) in [6.45, 7) is 1.20. The Bertz CT molecular complexity index is 1140. The largest absolute Gasteiger partial charge is 0.416 e. The van der Waals surface area contributed by atoms with Crippen LogP contribution in [0.25, 0.3) is 0 Å². The SMILES string of the molecule is CC1(Cc2c(F)cccc2C(F)(F)F)NC(=O)C(C(=O)Nc2ccc(C3CCCCC3)cc2)C1=O. The number of halogens is 4. The molecule has 1 aliphatic heterocycles. The van der Waals surface area contributed by atoms with Crippen LogP contribution in [-0.4, -0.2) is 23.1 Å². The number of benzene rings is 2. The molecule has 0 radical (unpaired) electrons. The Morgan fingerprint density at radius 2 is 1.71 bits per heavy atom. The summed E-state index contributed by atoms with van der Waals surface area (Å²) < 4.78 is 54.5. The highest BCUT2D eigenvalue weighted by molar-refractivity contribution is 6.27. The second-order valence-electron chi connectivity index (χ2n) is 9.51. The first-order valence-corrected chi connectivity index (χ1v) is 11.6. The highest BCUT2D eigenvalue weighted by atomic mass is 19.4. The molecule has 2 fully saturated rings. The van der Waals surface area contributed by atoms with Crippen molar-refractivity contribution < 1.29 is 31.9 Å². The van der Waals surface area contributed by atoms with E-state index in [2.05, 4.69) is 10.6 Å². The number of rotatable bonds is 5. The summed E-state index contributed by atoms with van der Waals surface area (Å²) in [7, 11) is 0. The van der Waals surface area contributed by atoms with E-state index in [4.69, 9.17) is 0 Å². The number of ketones is 1. The van der Waals surface area contributed by atoms with Gasteiger partial charge in [0.15, 0.2) is 11.7 Å². The van der Waals surface area contributed by atoms with Gasteiger partial charge in [-0.1, -0.05) is 37.5 Å². The zero-order chi connectivity index (χ0) is 25.4. The lowest BCUT2D eigenvalue weighted by molar-refractivity contribution is -0.139. The maximum absolute atomic E-state index is 14.3. The van der Waals surface area contributed by atoms with Gasteiger partial charge in [-0.2, -0.15) is 13.2 Å². The number of nitrogens with one attached hydrogen (secondary N) is 2. The number of hydrogen-bond donors (Lipinski definition) is 2. The molecule has 2 aromatic carbocycles. The van der Waals surface area contributed by atoms with Crippen LogP contribution in [0.5, 0.6) is 0 Å². The molecule has 0 spiro atoms. The van der Waals surface area contributed by atoms with Gasteiger partial charge in [0, 0.05) is 17.7 Å². The van der Waals surface area contributed by atoms with Crippen LogP contribution in [-0.2, 0) is 27.0 Å². The first kappa shape index (κ1) is 24.9. The van der Waals surface area contributed by atoms with E-state index >= 15 is 0 Å². The molecule has 1 saturated carbocycles. The zero-order valence-electron chi connectivity index (χ0n) is 19.2. The molecule has 1 aliphatic carbocycles. The molecule has 2 amide bonds. The van der Waals surface area contributed by atoms with Crippen molar-refractivity contribution in [1.29, 1.82) is 0 Å². The Labute approximate surface area is 200 Å². The van der Waals surface area contributed by atoms with Crippen molar-refractivity contribution in [3.05, 3.63) is 65.0 Å². The second-order valence-corrected chi connectivity index (χ2v) is 9.51. The number of carbonyl (C=O) groups is 3. The van der Waals surface area contributed by atoms with Gasteiger partial charge in [-0.05, 0) is 55.5 Å². The number of anilines is 1. The Kier molecular flexibility index (Phi) is 6.71. The van der Waals surface area contributed by atoms with Gasteiger partial charge in [0.25, 0.3) is 0 Å². The maximum Gasteiger partial charge on any atom is 0.416 e. The first-order valence-electron chi connectivity index (χ1n) is 11.6. The van der Waals surface area contributed by atoms with Gasteiger partial charge in [0.2, 0.25) is 11.8 Å². The van der Waals surface area contributed by atoms with Crippen molar-refractivity contribution in [3.63, 3.8) is 0 Å². The maximum atomic E-state index is 14.3. The molecule has 4 rings (SSSR count). The summed E-state index contributed by atoms with van der Waals surface area (Å²) >= 11 is 0. The average molecular weight is 490 g/mol. The van der Waals surface area contributed by atoms with Crippen LogP contribution in [0.15, 0.2) is 42.5 Å². The quantitative estimate of drug-likeness (QED) is 0.450. The van der Waals surface area contributed by atoms with Crippen molar-refractivity contribution in [3.8, 4) is 0 Å². The minimum absolute atomic E-state index is 0.400. The standard InChI is InChI=1S/C26H26F4N2O3/c1-25(14-18-19(26(28,29)30)8-5-9-20(18)27)22(33)21(24(35)32-25)23(34)31-17-12-10-16(11-13-17)15-6-3-2-4-7-15/h5,8-13,15,21H,2-4,6-7,14H2,1H3,(H,31,34)(H,32,35). The highest BCUT2D eigenvalue weighted by Gasteiger charge is 2.53. The van der Waals surface area contributed by atoms with E-state index in [1.54, 1.807) is 12.1 Å². The summed E-state index contributed by atoms with van der Waals surface area (Å²) in [5.74, 6) is -5.15. The summed E-state index contributed by atoms with van der Waals surface area (Å²) in [6.07, 6.45) is 0.225. The topological polar surface area (TPSA) is 75.3 Å². The van der Waals surface area contributed by atoms with Crippen LogP contribution in [0.2, 0.25) is 0 Å². The predicted octanol–water partition coefficient (Wildman–Crippen LogP) is 5.15. The van der Waals surface area contributed by atoms with Gasteiger partial charge in [-0.25, -0.2) is 4.39 Å². The molecular weight excluding hydrogens is 464 g/mol. The van der Waals surface area contributed by atoms with Gasteiger partial charge in [-0.15, -0.1) is 0 Å². The van der Waals surface area contributed by atoms with E-state index in [0.29, 0.717) is 17.7 Å². The van der Waals surface area contributed by atoms with E-state index in [1.807, 2.05) is 12.1 Å². The molecule has 5 nitrogen and oxygen atoms in total. The van der Waals surface area contributed by atoms with Crippen LogP contribution >= 0.6 is 0 Å². The van der Waals surface area contributed by atoms with Crippen molar-refractivity contribution in [2.45, 2.75) is 63.1 Å². The Balaban J connectivity index is 1.49. The number of Topliss-reactive ketones (excluding diaryl/α,β-unsaturated/α-hetero) is 1. The molecule has 0 bridgehead atoms. The molecule has 1 heterocycles. The molecule has 186 valence electrons. The third kappa shape index (κ3) is 5.09. The van der Waals surface area contributed by atoms with Crippen LogP contribution in [0, 0.1) is 11.7 Å². The minimum Gasteiger partial charge on any atom is -0.342 e. The van der Waals surface area contributed by atoms with Crippen LogP contribution in [0.4, 0.5) is 23.2 Å². The van der Waals surface area contributed by atoms with Crippen LogP contribution in [0.3, 0.4) is 0 Å². The molecule has 2 aliphatic rings. The molecule has 2 N–H and O–H groups in total. The fourth-order valence-corrected chi connectivity index (χ4v) is 5.06. The molecule has 9 heteroatoms. The monoisotopic (exact) mass is 490 g/mol. The summed E-state index contributed by atoms with van der Waals surface area (Å²) in [5, 5.41) is 4.87. The second kappa shape index (κ2) is 9.43. The van der Waals surface area contributed by atoms with Gasteiger partial charge in [0.1, 0.15) is 11.4 Å². The van der Waals surface area contributed by atoms with Gasteiger partial charge < -0.3 is 10.6 Å². The molecule has 2 unspecified atom stereocenters. The summed E-state index contributed by atoms with van der Waals surface area (Å²) in [5.41, 5.74) is -2.28. The normalized spacial score (nSPS) is 23.3. The number of hydrogen-bond acceptors (Lipinski definition) is 3. The molecular formula is C26H26F4N2O3. The van der Waals surface area contributed by atoms with Crippen LogP contribution < -0.4 is 10.6 Å². The third-order valence-corrected chi connectivity index (χ3v) is 6.94. The molecule has 2 atom stereocenters. The minimum atomic E-state index is -4.85. The lowest BCUT2D eigenvalue weighted by atomic mass is 9.84. The fourth-order valence-electron chi connectivity index (χ4n) is 5.06. The average Bonchev–Trinajstić information content (AvgIpc) is 3.03. The van der Waals surface area contributed by atoms with E-state index in [-0.39, 0.29) is 0 Å². The summed E-state index contributed by atoms with van der Waals surface area (Å²) in [6, 6.07) is 9.71. The van der Waals surface area contributed by atoms with Crippen molar-refractivity contribution in [1.82, 2.24) is 5.32 Å². The third-order valence-electron chi connectivity index (χ3n) is 6.94. The van der Waals surface area contributed by atoms with Crippen molar-refractivity contribution >= 4 is 23.3 Å². The van der Waals surface area contributed by atoms with E-state index < -0.39 is 58.6 Å². The van der Waals surface area contributed by atoms with E-state index in [1.165, 1.54) is 26.2 Å². The predicted molar refractivity (Wildman–Crippen MR) is 121 cm³/mol. The number of alkyl halides is 3. The van der Waals surface area contributed by atoms with Gasteiger partial charge in [0.05, 0.1) is 5.56 Å². The van der Waals surface area contributed by atoms with Gasteiger partial charge >= 0.3 is 6.18 Å². The number of carbonyl (C=O) groups excluding carboxylic acids is 3. The molecule has 1 saturated heterocycles. The smallest absolute Gasteiger partial charge is 0.342 e. The van der Waals surface area contributed by atoms with E-state index in [9.17, 15) is 31.9 Å². The Hall–Kier alpha value is -3.23. The van der Waals surface area contributed by atoms with Crippen molar-refractivity contribution in [2.24, 2.45) is 5.92 Å². The molecule has 2 aromatic rings. The van der Waals surface area contributed by atoms with Gasteiger partial charge in [-0.3, -0.25) is 14.4 Å². The first-order chi connectivity index (χ1) is 16.5. The Morgan fingerprint density at radius 1 is 1.06 bits per heavy atom. The van der Waals surface area contributed by atoms with Crippen molar-refractivity contribution in [2.75, 3.05) is 5.32 Å². The van der Waals surface area contributed by atoms with Crippen LogP contribution in [0.1, 0.15) is 61.6 Å². The number of amides is 2.